The molecule has 2 bridgehead atoms. The molecule has 7 heteroatoms. The Bertz CT molecular complexity index is 1180. The third-order valence-corrected chi connectivity index (χ3v) is 8.02. The van der Waals surface area contributed by atoms with Crippen LogP contribution in [0.3, 0.4) is 0 Å². The van der Waals surface area contributed by atoms with E-state index in [2.05, 4.69) is 10.3 Å². The number of fused-ring (bicyclic) bond motifs is 3. The van der Waals surface area contributed by atoms with Crippen molar-refractivity contribution in [3.05, 3.63) is 101 Å². The van der Waals surface area contributed by atoms with Crippen LogP contribution in [0.1, 0.15) is 40.0 Å². The van der Waals surface area contributed by atoms with Gasteiger partial charge in [-0.3, -0.25) is 9.78 Å². The van der Waals surface area contributed by atoms with Crippen LogP contribution in [0.15, 0.2) is 79.0 Å². The van der Waals surface area contributed by atoms with Crippen LogP contribution < -0.4 is 5.32 Å². The van der Waals surface area contributed by atoms with Crippen molar-refractivity contribution >= 4 is 11.9 Å². The largest absolute Gasteiger partial charge is 0.453 e. The smallest absolute Gasteiger partial charge is 0.348 e. The van der Waals surface area contributed by atoms with Crippen LogP contribution in [-0.4, -0.2) is 65.3 Å². The lowest BCUT2D eigenvalue weighted by Crippen LogP contribution is -2.66. The van der Waals surface area contributed by atoms with E-state index in [0.29, 0.717) is 29.8 Å². The van der Waals surface area contributed by atoms with Crippen LogP contribution in [-0.2, 0) is 15.1 Å². The summed E-state index contributed by atoms with van der Waals surface area (Å²) in [5, 5.41) is 14.8. The number of esters is 1. The molecule has 0 aliphatic carbocycles. The summed E-state index contributed by atoms with van der Waals surface area (Å²) in [4.78, 5) is 30.4. The molecule has 3 aliphatic rings. The summed E-state index contributed by atoms with van der Waals surface area (Å²) in [7, 11) is 0. The van der Waals surface area contributed by atoms with E-state index in [1.807, 2.05) is 49.4 Å². The number of amides is 1. The minimum atomic E-state index is -1.88. The Morgan fingerprint density at radius 2 is 1.62 bits per heavy atom. The third-order valence-electron chi connectivity index (χ3n) is 8.02. The molecule has 3 aromatic rings. The highest BCUT2D eigenvalue weighted by Gasteiger charge is 2.50. The number of quaternary nitrogens is 1. The highest BCUT2D eigenvalue weighted by molar-refractivity contribution is 5.93. The van der Waals surface area contributed by atoms with Gasteiger partial charge in [-0.25, -0.2) is 4.79 Å². The van der Waals surface area contributed by atoms with Crippen LogP contribution in [0, 0.1) is 12.8 Å². The predicted molar refractivity (Wildman–Crippen MR) is 140 cm³/mol. The molecule has 1 aromatic heterocycles. The van der Waals surface area contributed by atoms with E-state index >= 15 is 0 Å². The Morgan fingerprint density at radius 1 is 1.00 bits per heavy atom. The fourth-order valence-electron chi connectivity index (χ4n) is 5.76. The van der Waals surface area contributed by atoms with Gasteiger partial charge in [0.2, 0.25) is 5.60 Å². The number of carbonyl (C=O) groups is 2. The number of pyridine rings is 1. The predicted octanol–water partition coefficient (Wildman–Crippen LogP) is 3.21. The van der Waals surface area contributed by atoms with Gasteiger partial charge in [-0.1, -0.05) is 60.7 Å². The molecule has 3 fully saturated rings. The molecule has 0 radical (unpaired) electrons. The first-order valence-corrected chi connectivity index (χ1v) is 13.0. The summed E-state index contributed by atoms with van der Waals surface area (Å²) in [6.45, 7) is 5.90. The number of hydrogen-bond donors (Lipinski definition) is 2. The monoisotopic (exact) mass is 500 g/mol. The van der Waals surface area contributed by atoms with Crippen molar-refractivity contribution in [1.82, 2.24) is 10.3 Å². The number of carbonyl (C=O) groups excluding carboxylic acids is 2. The summed E-state index contributed by atoms with van der Waals surface area (Å²) in [6, 6.07) is 21.6. The quantitative estimate of drug-likeness (QED) is 0.366. The van der Waals surface area contributed by atoms with Crippen LogP contribution in [0.25, 0.3) is 0 Å². The first-order chi connectivity index (χ1) is 17.9. The van der Waals surface area contributed by atoms with Gasteiger partial charge in [0.15, 0.2) is 6.10 Å². The van der Waals surface area contributed by atoms with Gasteiger partial charge in [-0.2, -0.15) is 0 Å². The standard InChI is InChI=1S/C30H33N3O4/c1-22-12-13-24(20-32-22)28(34)31-16-19-33-17-14-23(15-18-33)27(21-33)37-29(35)30(36,25-8-4-2-5-9-25)26-10-6-3-7-11-26/h2-13,20,23,27,36H,14-19,21H2,1H3/p+1/t23?,27-,33?/m0/s1. The number of hydrogen-bond acceptors (Lipinski definition) is 5. The first kappa shape index (κ1) is 25.1. The number of aliphatic hydroxyl groups is 1. The third kappa shape index (κ3) is 5.15. The van der Waals surface area contributed by atoms with E-state index in [4.69, 9.17) is 4.74 Å². The Balaban J connectivity index is 1.27. The summed E-state index contributed by atoms with van der Waals surface area (Å²) >= 11 is 0. The SMILES string of the molecule is Cc1ccc(C(=O)NCC[N+]23CCC(CC2)[C@@H](OC(=O)C(O)(c2ccccc2)c2ccccc2)C3)cn1. The normalized spacial score (nSPS) is 22.9. The summed E-state index contributed by atoms with van der Waals surface area (Å²) in [5.41, 5.74) is 0.526. The Labute approximate surface area is 217 Å². The fourth-order valence-corrected chi connectivity index (χ4v) is 5.76. The number of ether oxygens (including phenoxy) is 1. The second-order valence-corrected chi connectivity index (χ2v) is 10.4. The molecule has 3 aliphatic heterocycles. The second-order valence-electron chi connectivity index (χ2n) is 10.4. The molecule has 1 amide bonds. The van der Waals surface area contributed by atoms with Crippen molar-refractivity contribution in [2.75, 3.05) is 32.7 Å². The van der Waals surface area contributed by atoms with Gasteiger partial charge in [-0.15, -0.1) is 0 Å². The van der Waals surface area contributed by atoms with Crippen LogP contribution in [0.2, 0.25) is 0 Å². The van der Waals surface area contributed by atoms with E-state index in [9.17, 15) is 14.7 Å². The molecular formula is C30H34N3O4+. The van der Waals surface area contributed by atoms with Crippen LogP contribution in [0.5, 0.6) is 0 Å². The molecule has 192 valence electrons. The highest BCUT2D eigenvalue weighted by atomic mass is 16.6. The molecule has 7 nitrogen and oxygen atoms in total. The number of nitrogens with zero attached hydrogens (tertiary/aromatic N) is 2. The van der Waals surface area contributed by atoms with E-state index < -0.39 is 11.6 Å². The Kier molecular flexibility index (Phi) is 7.09. The van der Waals surface area contributed by atoms with Crippen molar-refractivity contribution in [3.63, 3.8) is 0 Å². The van der Waals surface area contributed by atoms with Crippen molar-refractivity contribution in [1.29, 1.82) is 0 Å². The zero-order chi connectivity index (χ0) is 25.9. The zero-order valence-corrected chi connectivity index (χ0v) is 21.2. The Morgan fingerprint density at radius 3 is 2.19 bits per heavy atom. The van der Waals surface area contributed by atoms with Gasteiger partial charge in [-0.05, 0) is 30.2 Å². The number of rotatable bonds is 8. The second kappa shape index (κ2) is 10.4. The molecule has 37 heavy (non-hydrogen) atoms. The molecule has 2 N–H and O–H groups in total. The minimum absolute atomic E-state index is 0.128. The molecule has 2 aromatic carbocycles. The molecular weight excluding hydrogens is 466 g/mol. The topological polar surface area (TPSA) is 88.5 Å². The van der Waals surface area contributed by atoms with Gasteiger partial charge in [0.05, 0.1) is 31.7 Å². The number of benzene rings is 2. The summed E-state index contributed by atoms with van der Waals surface area (Å²) < 4.78 is 6.93. The lowest BCUT2D eigenvalue weighted by Gasteiger charge is -2.52. The Hall–Kier alpha value is -3.55. The van der Waals surface area contributed by atoms with Crippen LogP contribution in [0.4, 0.5) is 0 Å². The maximum atomic E-state index is 13.7. The lowest BCUT2D eigenvalue weighted by atomic mass is 9.82. The highest BCUT2D eigenvalue weighted by Crippen LogP contribution is 2.38. The summed E-state index contributed by atoms with van der Waals surface area (Å²) in [5.74, 6) is -0.480. The first-order valence-electron chi connectivity index (χ1n) is 13.0. The van der Waals surface area contributed by atoms with E-state index in [1.165, 1.54) is 0 Å². The molecule has 0 saturated carbocycles. The maximum absolute atomic E-state index is 13.7. The molecule has 4 heterocycles. The van der Waals surface area contributed by atoms with Crippen molar-refractivity contribution < 1.29 is 23.9 Å². The molecule has 1 atom stereocenters. The minimum Gasteiger partial charge on any atom is -0.453 e. The maximum Gasteiger partial charge on any atom is 0.348 e. The van der Waals surface area contributed by atoms with E-state index in [1.54, 1.807) is 36.5 Å². The van der Waals surface area contributed by atoms with Crippen molar-refractivity contribution in [2.45, 2.75) is 31.5 Å². The fraction of sp³-hybridized carbons (Fsp3) is 0.367. The number of aromatic nitrogens is 1. The summed E-state index contributed by atoms with van der Waals surface area (Å²) in [6.07, 6.45) is 3.25. The van der Waals surface area contributed by atoms with E-state index in [-0.39, 0.29) is 17.9 Å². The molecule has 3 saturated heterocycles. The average molecular weight is 501 g/mol. The van der Waals surface area contributed by atoms with Gasteiger partial charge in [0, 0.05) is 30.7 Å². The molecule has 0 spiro atoms. The van der Waals surface area contributed by atoms with Crippen molar-refractivity contribution in [2.24, 2.45) is 5.92 Å². The van der Waals surface area contributed by atoms with Gasteiger partial charge >= 0.3 is 5.97 Å². The number of piperidine rings is 3. The molecule has 0 unspecified atom stereocenters. The average Bonchev–Trinajstić information content (AvgIpc) is 2.94. The number of nitrogens with one attached hydrogen (secondary N) is 1. The zero-order valence-electron chi connectivity index (χ0n) is 21.2. The number of aryl methyl sites for hydroxylation is 1. The van der Waals surface area contributed by atoms with E-state index in [0.717, 1.165) is 42.7 Å². The van der Waals surface area contributed by atoms with Gasteiger partial charge < -0.3 is 19.6 Å². The lowest BCUT2D eigenvalue weighted by molar-refractivity contribution is -0.945. The molecule has 6 rings (SSSR count). The van der Waals surface area contributed by atoms with Gasteiger partial charge in [0.1, 0.15) is 6.54 Å². The van der Waals surface area contributed by atoms with Gasteiger partial charge in [0.25, 0.3) is 5.91 Å². The van der Waals surface area contributed by atoms with Crippen LogP contribution >= 0.6 is 0 Å². The van der Waals surface area contributed by atoms with Crippen molar-refractivity contribution in [3.8, 4) is 0 Å².